The van der Waals surface area contributed by atoms with Gasteiger partial charge in [-0.15, -0.1) is 0 Å². The zero-order valence-corrected chi connectivity index (χ0v) is 9.49. The molecule has 0 unspecified atom stereocenters. The summed E-state index contributed by atoms with van der Waals surface area (Å²) in [4.78, 5) is 0. The van der Waals surface area contributed by atoms with Gasteiger partial charge in [-0.25, -0.2) is 0 Å². The second-order valence-electron chi connectivity index (χ2n) is 4.07. The van der Waals surface area contributed by atoms with Crippen molar-refractivity contribution < 1.29 is 0 Å². The fourth-order valence-electron chi connectivity index (χ4n) is 1.91. The second kappa shape index (κ2) is 4.20. The molecule has 2 rings (SSSR count). The van der Waals surface area contributed by atoms with Crippen molar-refractivity contribution in [1.82, 2.24) is 0 Å². The average Bonchev–Trinajstić information content (AvgIpc) is 2.28. The Balaban J connectivity index is 2.54. The summed E-state index contributed by atoms with van der Waals surface area (Å²) in [6, 6.07) is 16.3. The Morgan fingerprint density at radius 2 is 1.56 bits per heavy atom. The standard InChI is InChI=1S/C15H13N/c1-11-6-12(2)8-15(7-11)14-5-3-4-13(9-14)10-16/h3-9H,1-2H3. The number of nitrogens with zero attached hydrogens (tertiary/aromatic N) is 1. The van der Waals surface area contributed by atoms with Crippen LogP contribution in [0.2, 0.25) is 0 Å². The first-order valence-corrected chi connectivity index (χ1v) is 5.28. The molecule has 0 fully saturated rings. The molecular formula is C15H13N. The molecule has 0 spiro atoms. The predicted octanol–water partition coefficient (Wildman–Crippen LogP) is 3.84. The molecule has 0 saturated heterocycles. The van der Waals surface area contributed by atoms with Crippen LogP contribution in [-0.4, -0.2) is 0 Å². The van der Waals surface area contributed by atoms with Gasteiger partial charge < -0.3 is 0 Å². The fourth-order valence-corrected chi connectivity index (χ4v) is 1.91. The fraction of sp³-hybridized carbons (Fsp3) is 0.133. The highest BCUT2D eigenvalue weighted by Crippen LogP contribution is 2.22. The first kappa shape index (κ1) is 10.4. The summed E-state index contributed by atoms with van der Waals surface area (Å²) in [6.07, 6.45) is 0. The van der Waals surface area contributed by atoms with Gasteiger partial charge in [-0.1, -0.05) is 41.5 Å². The van der Waals surface area contributed by atoms with Crippen LogP contribution >= 0.6 is 0 Å². The maximum atomic E-state index is 8.87. The quantitative estimate of drug-likeness (QED) is 0.697. The minimum Gasteiger partial charge on any atom is -0.192 e. The molecule has 0 aromatic heterocycles. The van der Waals surface area contributed by atoms with Crippen LogP contribution in [0.1, 0.15) is 16.7 Å². The summed E-state index contributed by atoms with van der Waals surface area (Å²) in [5.41, 5.74) is 5.48. The van der Waals surface area contributed by atoms with Gasteiger partial charge in [-0.05, 0) is 37.1 Å². The highest BCUT2D eigenvalue weighted by atomic mass is 14.2. The van der Waals surface area contributed by atoms with E-state index in [1.807, 2.05) is 24.3 Å². The van der Waals surface area contributed by atoms with Crippen molar-refractivity contribution in [1.29, 1.82) is 5.26 Å². The monoisotopic (exact) mass is 207 g/mol. The summed E-state index contributed by atoms with van der Waals surface area (Å²) >= 11 is 0. The lowest BCUT2D eigenvalue weighted by Crippen LogP contribution is -1.83. The smallest absolute Gasteiger partial charge is 0.0991 e. The van der Waals surface area contributed by atoms with Gasteiger partial charge in [0.1, 0.15) is 0 Å². The summed E-state index contributed by atoms with van der Waals surface area (Å²) in [7, 11) is 0. The number of aryl methyl sites for hydroxylation is 2. The van der Waals surface area contributed by atoms with Crippen LogP contribution in [0, 0.1) is 25.2 Å². The summed E-state index contributed by atoms with van der Waals surface area (Å²) in [6.45, 7) is 4.18. The molecule has 0 saturated carbocycles. The molecule has 0 bridgehead atoms. The van der Waals surface area contributed by atoms with Gasteiger partial charge in [0, 0.05) is 0 Å². The molecule has 0 heterocycles. The molecule has 2 aromatic rings. The van der Waals surface area contributed by atoms with Crippen molar-refractivity contribution in [3.63, 3.8) is 0 Å². The minimum absolute atomic E-state index is 0.705. The molecule has 0 amide bonds. The Bertz CT molecular complexity index is 542. The Morgan fingerprint density at radius 1 is 0.875 bits per heavy atom. The van der Waals surface area contributed by atoms with Crippen LogP contribution < -0.4 is 0 Å². The lowest BCUT2D eigenvalue weighted by atomic mass is 9.99. The largest absolute Gasteiger partial charge is 0.192 e. The molecule has 78 valence electrons. The number of benzene rings is 2. The lowest BCUT2D eigenvalue weighted by molar-refractivity contribution is 1.38. The number of nitriles is 1. The van der Waals surface area contributed by atoms with Gasteiger partial charge in [0.25, 0.3) is 0 Å². The van der Waals surface area contributed by atoms with E-state index in [1.54, 1.807) is 0 Å². The molecular weight excluding hydrogens is 194 g/mol. The molecule has 0 atom stereocenters. The van der Waals surface area contributed by atoms with Crippen molar-refractivity contribution >= 4 is 0 Å². The summed E-state index contributed by atoms with van der Waals surface area (Å²) < 4.78 is 0. The van der Waals surface area contributed by atoms with Gasteiger partial charge >= 0.3 is 0 Å². The minimum atomic E-state index is 0.705. The molecule has 1 nitrogen and oxygen atoms in total. The third kappa shape index (κ3) is 2.12. The van der Waals surface area contributed by atoms with Crippen molar-refractivity contribution in [3.05, 3.63) is 59.2 Å². The van der Waals surface area contributed by atoms with Crippen molar-refractivity contribution in [2.24, 2.45) is 0 Å². The van der Waals surface area contributed by atoms with E-state index >= 15 is 0 Å². The third-order valence-electron chi connectivity index (χ3n) is 2.55. The average molecular weight is 207 g/mol. The Kier molecular flexibility index (Phi) is 2.74. The Hall–Kier alpha value is -2.07. The molecule has 0 aliphatic rings. The molecule has 16 heavy (non-hydrogen) atoms. The van der Waals surface area contributed by atoms with E-state index in [0.717, 1.165) is 5.56 Å². The van der Waals surface area contributed by atoms with E-state index in [1.165, 1.54) is 16.7 Å². The predicted molar refractivity (Wildman–Crippen MR) is 66.1 cm³/mol. The van der Waals surface area contributed by atoms with Gasteiger partial charge in [0.15, 0.2) is 0 Å². The van der Waals surface area contributed by atoms with Crippen LogP contribution in [0.3, 0.4) is 0 Å². The first-order chi connectivity index (χ1) is 7.69. The summed E-state index contributed by atoms with van der Waals surface area (Å²) in [5, 5.41) is 8.87. The Labute approximate surface area is 96.0 Å². The van der Waals surface area contributed by atoms with Gasteiger partial charge in [0.05, 0.1) is 11.6 Å². The van der Waals surface area contributed by atoms with E-state index in [0.29, 0.717) is 5.56 Å². The molecule has 0 aliphatic heterocycles. The summed E-state index contributed by atoms with van der Waals surface area (Å²) in [5.74, 6) is 0. The number of rotatable bonds is 1. The molecule has 0 N–H and O–H groups in total. The van der Waals surface area contributed by atoms with E-state index in [2.05, 4.69) is 38.1 Å². The van der Waals surface area contributed by atoms with Crippen molar-refractivity contribution in [3.8, 4) is 17.2 Å². The maximum Gasteiger partial charge on any atom is 0.0991 e. The number of hydrogen-bond acceptors (Lipinski definition) is 1. The van der Waals surface area contributed by atoms with Crippen molar-refractivity contribution in [2.45, 2.75) is 13.8 Å². The number of hydrogen-bond donors (Lipinski definition) is 0. The van der Waals surface area contributed by atoms with Crippen molar-refractivity contribution in [2.75, 3.05) is 0 Å². The van der Waals surface area contributed by atoms with E-state index in [4.69, 9.17) is 5.26 Å². The zero-order valence-electron chi connectivity index (χ0n) is 9.49. The normalized spacial score (nSPS) is 9.81. The Morgan fingerprint density at radius 3 is 2.19 bits per heavy atom. The zero-order chi connectivity index (χ0) is 11.5. The molecule has 2 aromatic carbocycles. The maximum absolute atomic E-state index is 8.87. The van der Waals surface area contributed by atoms with Crippen LogP contribution in [0.15, 0.2) is 42.5 Å². The van der Waals surface area contributed by atoms with Gasteiger partial charge in [-0.2, -0.15) is 5.26 Å². The molecule has 1 heteroatoms. The van der Waals surface area contributed by atoms with Crippen LogP contribution in [0.25, 0.3) is 11.1 Å². The molecule has 0 aliphatic carbocycles. The molecule has 0 radical (unpaired) electrons. The second-order valence-corrected chi connectivity index (χ2v) is 4.07. The third-order valence-corrected chi connectivity index (χ3v) is 2.55. The highest BCUT2D eigenvalue weighted by Gasteiger charge is 2.00. The van der Waals surface area contributed by atoms with Gasteiger partial charge in [0.2, 0.25) is 0 Å². The SMILES string of the molecule is Cc1cc(C)cc(-c2cccc(C#N)c2)c1. The van der Waals surface area contributed by atoms with E-state index in [-0.39, 0.29) is 0 Å². The topological polar surface area (TPSA) is 23.8 Å². The lowest BCUT2D eigenvalue weighted by Gasteiger charge is -2.05. The van der Waals surface area contributed by atoms with Crippen LogP contribution in [0.4, 0.5) is 0 Å². The van der Waals surface area contributed by atoms with Crippen LogP contribution in [-0.2, 0) is 0 Å². The van der Waals surface area contributed by atoms with E-state index < -0.39 is 0 Å². The first-order valence-electron chi connectivity index (χ1n) is 5.28. The van der Waals surface area contributed by atoms with Gasteiger partial charge in [-0.3, -0.25) is 0 Å². The van der Waals surface area contributed by atoms with E-state index in [9.17, 15) is 0 Å². The van der Waals surface area contributed by atoms with Crippen LogP contribution in [0.5, 0.6) is 0 Å². The highest BCUT2D eigenvalue weighted by molar-refractivity contribution is 5.66.